The van der Waals surface area contributed by atoms with Crippen LogP contribution in [0.4, 0.5) is 31.7 Å². The van der Waals surface area contributed by atoms with Crippen molar-refractivity contribution >= 4 is 55.8 Å². The third-order valence-corrected chi connectivity index (χ3v) is 7.32. The predicted molar refractivity (Wildman–Crippen MR) is 124 cm³/mol. The molecule has 0 bridgehead atoms. The Morgan fingerprint density at radius 3 is 2.53 bits per heavy atom. The number of hydrogen-bond donors (Lipinski definition) is 2. The van der Waals surface area contributed by atoms with Gasteiger partial charge in [0.1, 0.15) is 16.5 Å². The number of sulfonamides is 1. The Labute approximate surface area is 193 Å². The number of thiazole rings is 1. The summed E-state index contributed by atoms with van der Waals surface area (Å²) >= 11 is 7.50. The van der Waals surface area contributed by atoms with Crippen LogP contribution in [0.25, 0.3) is 0 Å². The van der Waals surface area contributed by atoms with E-state index in [0.29, 0.717) is 24.5 Å². The van der Waals surface area contributed by atoms with Crippen molar-refractivity contribution in [3.05, 3.63) is 57.9 Å². The van der Waals surface area contributed by atoms with Gasteiger partial charge in [0.15, 0.2) is 5.82 Å². The summed E-state index contributed by atoms with van der Waals surface area (Å²) in [5.41, 5.74) is 2.78. The van der Waals surface area contributed by atoms with Gasteiger partial charge in [0.25, 0.3) is 10.0 Å². The Kier molecular flexibility index (Phi) is 6.52. The fourth-order valence-electron chi connectivity index (χ4n) is 3.35. The Hall–Kier alpha value is -2.47. The maximum absolute atomic E-state index is 14.8. The first-order chi connectivity index (χ1) is 15.2. The number of halogens is 3. The summed E-state index contributed by atoms with van der Waals surface area (Å²) in [7, 11) is -2.20. The predicted octanol–water partition coefficient (Wildman–Crippen LogP) is 4.37. The summed E-state index contributed by atoms with van der Waals surface area (Å²) < 4.78 is 56.1. The van der Waals surface area contributed by atoms with Crippen molar-refractivity contribution in [2.45, 2.75) is 4.90 Å². The highest BCUT2D eigenvalue weighted by Gasteiger charge is 2.23. The Morgan fingerprint density at radius 2 is 1.84 bits per heavy atom. The third kappa shape index (κ3) is 4.96. The van der Waals surface area contributed by atoms with Gasteiger partial charge in [0.05, 0.1) is 27.6 Å². The molecule has 7 nitrogen and oxygen atoms in total. The number of nitrogens with zero attached hydrogens (tertiary/aromatic N) is 3. The van der Waals surface area contributed by atoms with Crippen LogP contribution in [0.1, 0.15) is 0 Å². The van der Waals surface area contributed by atoms with Crippen LogP contribution in [0.15, 0.2) is 46.1 Å². The SMILES string of the molecule is CN1CCN(c2cc(F)ccc2Nc2cc(F)c(S(=O)(=O)Nc3cscn3)cc2Cl)CC1. The molecule has 0 unspecified atom stereocenters. The average Bonchev–Trinajstić information content (AvgIpc) is 3.24. The fourth-order valence-corrected chi connectivity index (χ4v) is 5.27. The molecule has 1 aliphatic rings. The number of benzene rings is 2. The van der Waals surface area contributed by atoms with Gasteiger partial charge in [-0.25, -0.2) is 22.2 Å². The van der Waals surface area contributed by atoms with E-state index in [4.69, 9.17) is 11.6 Å². The van der Waals surface area contributed by atoms with Gasteiger partial charge in [0.2, 0.25) is 0 Å². The largest absolute Gasteiger partial charge is 0.367 e. The molecule has 2 aromatic carbocycles. The molecule has 0 amide bonds. The molecule has 4 rings (SSSR count). The summed E-state index contributed by atoms with van der Waals surface area (Å²) in [4.78, 5) is 7.45. The van der Waals surface area contributed by atoms with Crippen LogP contribution < -0.4 is 14.9 Å². The lowest BCUT2D eigenvalue weighted by atomic mass is 10.2. The molecule has 0 spiro atoms. The summed E-state index contributed by atoms with van der Waals surface area (Å²) in [6.45, 7) is 3.06. The molecule has 1 fully saturated rings. The lowest BCUT2D eigenvalue weighted by Crippen LogP contribution is -2.44. The first-order valence-electron chi connectivity index (χ1n) is 9.63. The Balaban J connectivity index is 1.63. The van der Waals surface area contributed by atoms with E-state index in [2.05, 4.69) is 19.9 Å². The van der Waals surface area contributed by atoms with Gasteiger partial charge in [-0.1, -0.05) is 11.6 Å². The molecular weight excluding hydrogens is 480 g/mol. The fraction of sp³-hybridized carbons (Fsp3) is 0.250. The van der Waals surface area contributed by atoms with E-state index in [-0.39, 0.29) is 16.5 Å². The summed E-state index contributed by atoms with van der Waals surface area (Å²) in [5, 5.41) is 4.51. The van der Waals surface area contributed by atoms with E-state index in [0.717, 1.165) is 25.2 Å². The van der Waals surface area contributed by atoms with Gasteiger partial charge in [-0.3, -0.25) is 4.72 Å². The number of hydrogen-bond acceptors (Lipinski definition) is 7. The summed E-state index contributed by atoms with van der Waals surface area (Å²) in [6.07, 6.45) is 0. The van der Waals surface area contributed by atoms with Gasteiger partial charge in [-0.15, -0.1) is 11.3 Å². The van der Waals surface area contributed by atoms with Crippen molar-refractivity contribution in [2.75, 3.05) is 48.2 Å². The van der Waals surface area contributed by atoms with Crippen LogP contribution in [0, 0.1) is 11.6 Å². The maximum Gasteiger partial charge on any atom is 0.266 e. The van der Waals surface area contributed by atoms with Gasteiger partial charge >= 0.3 is 0 Å². The second-order valence-electron chi connectivity index (χ2n) is 7.32. The molecule has 1 saturated heterocycles. The number of nitrogens with one attached hydrogen (secondary N) is 2. The highest BCUT2D eigenvalue weighted by Crippen LogP contribution is 2.35. The number of likely N-dealkylation sites (N-methyl/N-ethyl adjacent to an activating group) is 1. The molecular formula is C20H20ClF2N5O2S2. The van der Waals surface area contributed by atoms with Gasteiger partial charge in [-0.2, -0.15) is 0 Å². The van der Waals surface area contributed by atoms with Crippen molar-refractivity contribution in [1.82, 2.24) is 9.88 Å². The molecule has 1 aromatic heterocycles. The van der Waals surface area contributed by atoms with E-state index in [1.165, 1.54) is 34.4 Å². The molecule has 170 valence electrons. The monoisotopic (exact) mass is 499 g/mol. The number of aromatic nitrogens is 1. The van der Waals surface area contributed by atoms with Crippen molar-refractivity contribution in [2.24, 2.45) is 0 Å². The lowest BCUT2D eigenvalue weighted by Gasteiger charge is -2.35. The Morgan fingerprint density at radius 1 is 1.09 bits per heavy atom. The zero-order valence-corrected chi connectivity index (χ0v) is 19.4. The molecule has 2 N–H and O–H groups in total. The highest BCUT2D eigenvalue weighted by atomic mass is 35.5. The van der Waals surface area contributed by atoms with E-state index in [9.17, 15) is 17.2 Å². The van der Waals surface area contributed by atoms with Crippen LogP contribution in [0.5, 0.6) is 0 Å². The first-order valence-corrected chi connectivity index (χ1v) is 12.4. The molecule has 0 atom stereocenters. The van der Waals surface area contributed by atoms with Crippen LogP contribution in [0.3, 0.4) is 0 Å². The molecule has 0 radical (unpaired) electrons. The minimum atomic E-state index is -4.22. The smallest absolute Gasteiger partial charge is 0.266 e. The van der Waals surface area contributed by atoms with E-state index < -0.39 is 26.6 Å². The lowest BCUT2D eigenvalue weighted by molar-refractivity contribution is 0.313. The number of piperazine rings is 1. The normalized spacial score (nSPS) is 15.1. The van der Waals surface area contributed by atoms with Gasteiger partial charge in [-0.05, 0) is 31.3 Å². The highest BCUT2D eigenvalue weighted by molar-refractivity contribution is 7.92. The van der Waals surface area contributed by atoms with E-state index >= 15 is 0 Å². The van der Waals surface area contributed by atoms with Crippen molar-refractivity contribution in [3.8, 4) is 0 Å². The van der Waals surface area contributed by atoms with Gasteiger partial charge < -0.3 is 15.1 Å². The molecule has 3 aromatic rings. The molecule has 12 heteroatoms. The topological polar surface area (TPSA) is 77.6 Å². The zero-order valence-electron chi connectivity index (χ0n) is 17.0. The van der Waals surface area contributed by atoms with Crippen molar-refractivity contribution in [1.29, 1.82) is 0 Å². The van der Waals surface area contributed by atoms with Crippen LogP contribution >= 0.6 is 22.9 Å². The van der Waals surface area contributed by atoms with Crippen LogP contribution in [-0.2, 0) is 10.0 Å². The third-order valence-electron chi connectivity index (χ3n) is 5.06. The minimum absolute atomic E-state index is 0.00120. The maximum atomic E-state index is 14.8. The zero-order chi connectivity index (χ0) is 22.9. The van der Waals surface area contributed by atoms with Gasteiger partial charge in [0, 0.05) is 37.6 Å². The second-order valence-corrected chi connectivity index (χ2v) is 10.1. The van der Waals surface area contributed by atoms with E-state index in [1.807, 2.05) is 11.9 Å². The van der Waals surface area contributed by atoms with Crippen molar-refractivity contribution in [3.63, 3.8) is 0 Å². The first kappa shape index (κ1) is 22.7. The quantitative estimate of drug-likeness (QED) is 0.524. The molecule has 0 saturated carbocycles. The number of rotatable bonds is 6. The minimum Gasteiger partial charge on any atom is -0.367 e. The Bertz CT molecular complexity index is 1220. The summed E-state index contributed by atoms with van der Waals surface area (Å²) in [5.74, 6) is -1.28. The molecule has 1 aliphatic heterocycles. The second kappa shape index (κ2) is 9.18. The number of anilines is 4. The summed E-state index contributed by atoms with van der Waals surface area (Å²) in [6, 6.07) is 6.30. The van der Waals surface area contributed by atoms with Crippen LogP contribution in [0.2, 0.25) is 5.02 Å². The standard InChI is InChI=1S/C20H20ClF2N5O2S2/c1-27-4-6-28(7-5-27)18-8-13(22)2-3-16(18)25-17-10-15(23)19(9-14(17)21)32(29,30)26-20-11-31-12-24-20/h2-3,8-12,25-26H,4-7H2,1H3. The average molecular weight is 500 g/mol. The van der Waals surface area contributed by atoms with Crippen LogP contribution in [-0.4, -0.2) is 51.5 Å². The van der Waals surface area contributed by atoms with Crippen molar-refractivity contribution < 1.29 is 17.2 Å². The molecule has 32 heavy (non-hydrogen) atoms. The molecule has 2 heterocycles. The molecule has 0 aliphatic carbocycles. The van der Waals surface area contributed by atoms with E-state index in [1.54, 1.807) is 6.07 Å².